The number of nitrogens with one attached hydrogen (secondary N) is 3. The van der Waals surface area contributed by atoms with Crippen LogP contribution in [0.3, 0.4) is 0 Å². The zero-order chi connectivity index (χ0) is 39.6. The van der Waals surface area contributed by atoms with E-state index in [0.29, 0.717) is 106 Å². The lowest BCUT2D eigenvalue weighted by Crippen LogP contribution is -2.81. The van der Waals surface area contributed by atoms with Crippen molar-refractivity contribution in [3.8, 4) is 28.3 Å². The van der Waals surface area contributed by atoms with Crippen molar-refractivity contribution in [1.82, 2.24) is 30.5 Å². The van der Waals surface area contributed by atoms with E-state index in [1.54, 1.807) is 42.7 Å². The lowest BCUT2D eigenvalue weighted by molar-refractivity contribution is -0.232. The second kappa shape index (κ2) is 15.0. The fourth-order valence-corrected chi connectivity index (χ4v) is 10.6. The molecule has 1 spiro atoms. The lowest BCUT2D eigenvalue weighted by Gasteiger charge is -2.69. The minimum atomic E-state index is -3.09. The summed E-state index contributed by atoms with van der Waals surface area (Å²) in [4.78, 5) is 39.9. The minimum absolute atomic E-state index is 0.00279. The number of nitrogens with zero attached hydrogens (tertiary/aromatic N) is 4. The highest BCUT2D eigenvalue weighted by Gasteiger charge is 2.75. The van der Waals surface area contributed by atoms with Crippen LogP contribution in [0.1, 0.15) is 35.4 Å². The fraction of sp³-hybridized carbons (Fsp3) is 0.375. The number of ether oxygens (including phenoxy) is 2. The second-order valence-electron chi connectivity index (χ2n) is 15.0. The lowest BCUT2D eigenvalue weighted by atomic mass is 9.47. The molecule has 2 aromatic carbocycles. The van der Waals surface area contributed by atoms with Gasteiger partial charge < -0.3 is 30.5 Å². The molecule has 3 aliphatic heterocycles. The van der Waals surface area contributed by atoms with Crippen LogP contribution in [-0.4, -0.2) is 81.3 Å². The number of benzene rings is 2. The van der Waals surface area contributed by atoms with Crippen molar-refractivity contribution >= 4 is 68.1 Å². The first kappa shape index (κ1) is 38.0. The summed E-state index contributed by atoms with van der Waals surface area (Å²) >= 11 is 15.7. The number of halogens is 4. The Morgan fingerprint density at radius 3 is 2.70 bits per heavy atom. The van der Waals surface area contributed by atoms with Gasteiger partial charge in [-0.05, 0) is 43.5 Å². The molecule has 17 heteroatoms. The highest BCUT2D eigenvalue weighted by atomic mass is 35.5. The highest BCUT2D eigenvalue weighted by molar-refractivity contribution is 7.18. The van der Waals surface area contributed by atoms with Crippen molar-refractivity contribution in [3.05, 3.63) is 80.9 Å². The molecule has 4 fully saturated rings. The van der Waals surface area contributed by atoms with Crippen molar-refractivity contribution in [1.29, 1.82) is 0 Å². The van der Waals surface area contributed by atoms with E-state index in [-0.39, 0.29) is 47.8 Å². The maximum Gasteiger partial charge on any atom is 0.388 e. The molecule has 0 radical (unpaired) electrons. The van der Waals surface area contributed by atoms with Crippen LogP contribution < -0.4 is 20.7 Å². The molecule has 4 aliphatic rings. The summed E-state index contributed by atoms with van der Waals surface area (Å²) in [5, 5.41) is 20.8. The molecule has 5 atom stereocenters. The summed E-state index contributed by atoms with van der Waals surface area (Å²) in [5.41, 5.74) is 4.22. The summed E-state index contributed by atoms with van der Waals surface area (Å²) in [6.07, 6.45) is 3.50. The van der Waals surface area contributed by atoms with E-state index < -0.39 is 12.6 Å². The monoisotopic (exact) mass is 835 g/mol. The third-order valence-corrected chi connectivity index (χ3v) is 13.7. The SMILES string of the molecule is Cc1cc(-c2cccc(-c3cccc(Nc4nccc5sc(CN6C7COCC78C(C(=O)O)CC68)nc45)c3Cl)c2Cl)nc(OC(F)F)c1CNC[C@@H]1CCC(=O)N1. The third-order valence-electron chi connectivity index (χ3n) is 11.8. The number of aryl methyl sites for hydroxylation is 1. The number of thiazole rings is 1. The molecule has 3 aromatic heterocycles. The van der Waals surface area contributed by atoms with Gasteiger partial charge in [0.15, 0.2) is 5.82 Å². The van der Waals surface area contributed by atoms with Gasteiger partial charge in [-0.3, -0.25) is 14.5 Å². The Morgan fingerprint density at radius 2 is 1.93 bits per heavy atom. The van der Waals surface area contributed by atoms with Crippen molar-refractivity contribution in [3.63, 3.8) is 0 Å². The first-order valence-electron chi connectivity index (χ1n) is 18.6. The molecule has 5 aromatic rings. The number of fused-ring (bicyclic) bond motifs is 1. The van der Waals surface area contributed by atoms with Crippen molar-refractivity contribution in [2.24, 2.45) is 11.3 Å². The number of anilines is 2. The predicted molar refractivity (Wildman–Crippen MR) is 212 cm³/mol. The molecule has 9 rings (SSSR count). The van der Waals surface area contributed by atoms with Gasteiger partial charge in [0.25, 0.3) is 0 Å². The van der Waals surface area contributed by atoms with Crippen LogP contribution in [0.25, 0.3) is 32.6 Å². The van der Waals surface area contributed by atoms with E-state index in [0.717, 1.165) is 9.71 Å². The number of carbonyl (C=O) groups is 2. The Bertz CT molecular complexity index is 2420. The van der Waals surface area contributed by atoms with E-state index in [1.165, 1.54) is 0 Å². The highest BCUT2D eigenvalue weighted by Crippen LogP contribution is 2.64. The summed E-state index contributed by atoms with van der Waals surface area (Å²) in [6.45, 7) is 1.02. The molecule has 1 amide bonds. The standard InChI is InChI=1S/C40H37Cl2F2N7O5S/c1-19-12-27(49-37(56-39(43)44)24(19)15-45-14-20-8-9-31(52)47-20)23-6-2-4-21(33(23)41)22-5-3-7-26(34(22)42)48-36-35-28(10-11-46-36)57-32(50-35)16-51-29-13-25(38(53)54)40(29)18-55-17-30(40)51/h2-7,10-12,20,25,29-30,39,45H,8-9,13-18H2,1H3,(H,46,48)(H,47,52)(H,53,54)/t20-,25?,29?,30?,40?/m0/s1. The number of carboxylic acid groups (broad SMARTS) is 1. The van der Waals surface area contributed by atoms with E-state index in [4.69, 9.17) is 37.7 Å². The number of hydrogen-bond donors (Lipinski definition) is 4. The number of hydrogen-bond acceptors (Lipinski definition) is 11. The first-order valence-corrected chi connectivity index (χ1v) is 20.2. The van der Waals surface area contributed by atoms with Gasteiger partial charge in [0.2, 0.25) is 11.8 Å². The van der Waals surface area contributed by atoms with Crippen LogP contribution in [-0.2, 0) is 27.4 Å². The first-order chi connectivity index (χ1) is 27.5. The number of piperidine rings is 1. The minimum Gasteiger partial charge on any atom is -0.481 e. The molecular weight excluding hydrogens is 799 g/mol. The molecule has 6 heterocycles. The van der Waals surface area contributed by atoms with Gasteiger partial charge >= 0.3 is 12.6 Å². The Balaban J connectivity index is 0.956. The number of aliphatic carboxylic acids is 1. The molecule has 1 aliphatic carbocycles. The van der Waals surface area contributed by atoms with Crippen LogP contribution in [0.5, 0.6) is 5.88 Å². The normalized spacial score (nSPS) is 23.9. The van der Waals surface area contributed by atoms with E-state index in [2.05, 4.69) is 30.8 Å². The summed E-state index contributed by atoms with van der Waals surface area (Å²) in [7, 11) is 0. The van der Waals surface area contributed by atoms with Gasteiger partial charge in [0.05, 0.1) is 51.8 Å². The van der Waals surface area contributed by atoms with Crippen LogP contribution in [0.15, 0.2) is 54.7 Å². The molecule has 57 heavy (non-hydrogen) atoms. The summed E-state index contributed by atoms with van der Waals surface area (Å²) in [5.74, 6) is -0.787. The van der Waals surface area contributed by atoms with Crippen LogP contribution >= 0.6 is 34.5 Å². The van der Waals surface area contributed by atoms with Gasteiger partial charge in [-0.15, -0.1) is 11.3 Å². The van der Waals surface area contributed by atoms with Gasteiger partial charge in [-0.1, -0.05) is 53.5 Å². The van der Waals surface area contributed by atoms with Gasteiger partial charge in [-0.2, -0.15) is 8.78 Å². The summed E-state index contributed by atoms with van der Waals surface area (Å²) in [6, 6.07) is 14.8. The Hall–Kier alpha value is -4.51. The Morgan fingerprint density at radius 1 is 1.14 bits per heavy atom. The van der Waals surface area contributed by atoms with E-state index in [9.17, 15) is 23.5 Å². The Labute approximate surface area is 339 Å². The number of amides is 1. The van der Waals surface area contributed by atoms with E-state index >= 15 is 0 Å². The molecule has 1 saturated carbocycles. The van der Waals surface area contributed by atoms with Crippen molar-refractivity contribution < 1.29 is 33.0 Å². The number of carbonyl (C=O) groups excluding carboxylic acids is 1. The molecule has 4 unspecified atom stereocenters. The number of alkyl halides is 2. The van der Waals surface area contributed by atoms with Gasteiger partial charge in [0, 0.05) is 71.5 Å². The quantitative estimate of drug-likeness (QED) is 0.0939. The van der Waals surface area contributed by atoms with Crippen molar-refractivity contribution in [2.45, 2.75) is 64.0 Å². The molecule has 296 valence electrons. The average Bonchev–Trinajstić information content (AvgIpc) is 3.91. The number of likely N-dealkylation sites (tertiary alicyclic amines) is 1. The maximum absolute atomic E-state index is 13.6. The average molecular weight is 837 g/mol. The Kier molecular flexibility index (Phi) is 10.0. The van der Waals surface area contributed by atoms with Crippen LogP contribution in [0.4, 0.5) is 20.3 Å². The molecule has 12 nitrogen and oxygen atoms in total. The molecular formula is C40H37Cl2F2N7O5S. The molecule has 0 bridgehead atoms. The van der Waals surface area contributed by atoms with Gasteiger partial charge in [0.1, 0.15) is 10.5 Å². The molecule has 4 N–H and O–H groups in total. The van der Waals surface area contributed by atoms with E-state index in [1.807, 2.05) is 30.3 Å². The topological polar surface area (TPSA) is 151 Å². The van der Waals surface area contributed by atoms with Crippen LogP contribution in [0.2, 0.25) is 10.0 Å². The predicted octanol–water partition coefficient (Wildman–Crippen LogP) is 7.42. The smallest absolute Gasteiger partial charge is 0.388 e. The fourth-order valence-electron chi connectivity index (χ4n) is 9.04. The number of carboxylic acids is 1. The summed E-state index contributed by atoms with van der Waals surface area (Å²) < 4.78 is 38.9. The zero-order valence-corrected chi connectivity index (χ0v) is 32.9. The van der Waals surface area contributed by atoms with Gasteiger partial charge in [-0.25, -0.2) is 15.0 Å². The third kappa shape index (κ3) is 6.67. The largest absolute Gasteiger partial charge is 0.481 e. The number of aromatic nitrogens is 3. The number of pyridine rings is 2. The maximum atomic E-state index is 13.6. The molecule has 3 saturated heterocycles. The van der Waals surface area contributed by atoms with Crippen LogP contribution in [0, 0.1) is 18.3 Å². The van der Waals surface area contributed by atoms with Crippen molar-refractivity contribution in [2.75, 3.05) is 25.1 Å². The number of rotatable bonds is 13. The second-order valence-corrected chi connectivity index (χ2v) is 16.8. The zero-order valence-electron chi connectivity index (χ0n) is 30.5.